The van der Waals surface area contributed by atoms with Crippen molar-refractivity contribution in [2.75, 3.05) is 7.11 Å². The van der Waals surface area contributed by atoms with Crippen LogP contribution in [0, 0.1) is 5.82 Å². The van der Waals surface area contributed by atoms with E-state index < -0.39 is 5.82 Å². The molecule has 1 heterocycles. The van der Waals surface area contributed by atoms with E-state index in [1.54, 1.807) is 18.2 Å². The summed E-state index contributed by atoms with van der Waals surface area (Å²) in [6, 6.07) is 11.9. The standard InChI is InChI=1S/C15H10ClFN2O/c1-20-12-8-4-6-10(17)13(12)15-18-11-7-3-2-5-9(11)14(16)19-15/h2-8H,1H3. The third kappa shape index (κ3) is 2.08. The Morgan fingerprint density at radius 3 is 2.65 bits per heavy atom. The Hall–Kier alpha value is -2.20. The first-order chi connectivity index (χ1) is 9.70. The number of halogens is 2. The number of fused-ring (bicyclic) bond motifs is 1. The summed E-state index contributed by atoms with van der Waals surface area (Å²) in [5, 5.41) is 1.02. The highest BCUT2D eigenvalue weighted by molar-refractivity contribution is 6.34. The molecule has 0 aliphatic carbocycles. The minimum Gasteiger partial charge on any atom is -0.496 e. The van der Waals surface area contributed by atoms with E-state index in [4.69, 9.17) is 16.3 Å². The Labute approximate surface area is 120 Å². The molecule has 0 saturated carbocycles. The largest absolute Gasteiger partial charge is 0.496 e. The molecule has 100 valence electrons. The monoisotopic (exact) mass is 288 g/mol. The maximum absolute atomic E-state index is 14.1. The number of hydrogen-bond donors (Lipinski definition) is 0. The van der Waals surface area contributed by atoms with E-state index >= 15 is 0 Å². The van der Waals surface area contributed by atoms with Gasteiger partial charge in [0.2, 0.25) is 0 Å². The smallest absolute Gasteiger partial charge is 0.168 e. The summed E-state index contributed by atoms with van der Waals surface area (Å²) in [5.74, 6) is 0.135. The van der Waals surface area contributed by atoms with Crippen molar-refractivity contribution in [2.24, 2.45) is 0 Å². The van der Waals surface area contributed by atoms with E-state index in [1.165, 1.54) is 13.2 Å². The summed E-state index contributed by atoms with van der Waals surface area (Å²) in [7, 11) is 1.47. The molecule has 2 aromatic carbocycles. The van der Waals surface area contributed by atoms with Gasteiger partial charge in [-0.1, -0.05) is 29.8 Å². The number of methoxy groups -OCH3 is 1. The minimum absolute atomic E-state index is 0.211. The topological polar surface area (TPSA) is 35.0 Å². The Kier molecular flexibility index (Phi) is 3.24. The van der Waals surface area contributed by atoms with Gasteiger partial charge in [0.05, 0.1) is 18.2 Å². The summed E-state index contributed by atoms with van der Waals surface area (Å²) in [5.41, 5.74) is 0.871. The van der Waals surface area contributed by atoms with Gasteiger partial charge in [0, 0.05) is 5.39 Å². The van der Waals surface area contributed by atoms with Crippen molar-refractivity contribution < 1.29 is 9.13 Å². The zero-order valence-corrected chi connectivity index (χ0v) is 11.4. The van der Waals surface area contributed by atoms with E-state index in [0.717, 1.165) is 5.39 Å². The van der Waals surface area contributed by atoms with Crippen LogP contribution in [0.1, 0.15) is 0 Å². The molecule has 0 saturated heterocycles. The summed E-state index contributed by atoms with van der Waals surface area (Å²) < 4.78 is 19.2. The van der Waals surface area contributed by atoms with Crippen LogP contribution in [0.25, 0.3) is 22.3 Å². The van der Waals surface area contributed by atoms with Gasteiger partial charge in [-0.05, 0) is 24.3 Å². The van der Waals surface area contributed by atoms with E-state index in [2.05, 4.69) is 9.97 Å². The fraction of sp³-hybridized carbons (Fsp3) is 0.0667. The first-order valence-corrected chi connectivity index (χ1v) is 6.33. The predicted octanol–water partition coefficient (Wildman–Crippen LogP) is 4.10. The van der Waals surface area contributed by atoms with Crippen LogP contribution in [0.3, 0.4) is 0 Å². The summed E-state index contributed by atoms with van der Waals surface area (Å²) in [6.07, 6.45) is 0. The van der Waals surface area contributed by atoms with E-state index in [1.807, 2.05) is 18.2 Å². The molecule has 0 N–H and O–H groups in total. The maximum Gasteiger partial charge on any atom is 0.168 e. The summed E-state index contributed by atoms with van der Waals surface area (Å²) in [4.78, 5) is 8.54. The number of rotatable bonds is 2. The average Bonchev–Trinajstić information content (AvgIpc) is 2.46. The van der Waals surface area contributed by atoms with Gasteiger partial charge in [0.1, 0.15) is 16.7 Å². The molecule has 0 unspecified atom stereocenters. The number of ether oxygens (including phenoxy) is 1. The van der Waals surface area contributed by atoms with E-state index in [9.17, 15) is 4.39 Å². The SMILES string of the molecule is COc1cccc(F)c1-c1nc(Cl)c2ccccc2n1. The number of nitrogens with zero attached hydrogens (tertiary/aromatic N) is 2. The van der Waals surface area contributed by atoms with Gasteiger partial charge in [0.15, 0.2) is 5.82 Å². The zero-order valence-electron chi connectivity index (χ0n) is 10.6. The van der Waals surface area contributed by atoms with Crippen LogP contribution in [-0.4, -0.2) is 17.1 Å². The lowest BCUT2D eigenvalue weighted by Crippen LogP contribution is -1.97. The van der Waals surface area contributed by atoms with Gasteiger partial charge in [-0.3, -0.25) is 0 Å². The van der Waals surface area contributed by atoms with Crippen molar-refractivity contribution in [3.8, 4) is 17.1 Å². The third-order valence-corrected chi connectivity index (χ3v) is 3.26. The molecule has 0 radical (unpaired) electrons. The molecule has 0 fully saturated rings. The molecule has 3 rings (SSSR count). The second-order valence-electron chi connectivity index (χ2n) is 4.17. The predicted molar refractivity (Wildman–Crippen MR) is 76.5 cm³/mol. The molecule has 0 atom stereocenters. The number of benzene rings is 2. The highest BCUT2D eigenvalue weighted by atomic mass is 35.5. The van der Waals surface area contributed by atoms with E-state index in [-0.39, 0.29) is 16.5 Å². The van der Waals surface area contributed by atoms with Gasteiger partial charge >= 0.3 is 0 Å². The van der Waals surface area contributed by atoms with Crippen molar-refractivity contribution in [3.63, 3.8) is 0 Å². The highest BCUT2D eigenvalue weighted by Gasteiger charge is 2.16. The molecule has 3 nitrogen and oxygen atoms in total. The second-order valence-corrected chi connectivity index (χ2v) is 4.53. The zero-order chi connectivity index (χ0) is 14.1. The third-order valence-electron chi connectivity index (χ3n) is 2.98. The van der Waals surface area contributed by atoms with E-state index in [0.29, 0.717) is 11.3 Å². The highest BCUT2D eigenvalue weighted by Crippen LogP contribution is 2.32. The fourth-order valence-corrected chi connectivity index (χ4v) is 2.28. The van der Waals surface area contributed by atoms with Crippen molar-refractivity contribution in [1.82, 2.24) is 9.97 Å². The normalized spacial score (nSPS) is 10.8. The lowest BCUT2D eigenvalue weighted by atomic mass is 10.1. The summed E-state index contributed by atoms with van der Waals surface area (Å²) in [6.45, 7) is 0. The maximum atomic E-state index is 14.1. The van der Waals surface area contributed by atoms with Crippen LogP contribution in [0.5, 0.6) is 5.75 Å². The van der Waals surface area contributed by atoms with Crippen molar-refractivity contribution >= 4 is 22.5 Å². The summed E-state index contributed by atoms with van der Waals surface area (Å²) >= 11 is 6.15. The van der Waals surface area contributed by atoms with Crippen LogP contribution in [-0.2, 0) is 0 Å². The molecular formula is C15H10ClFN2O. The Balaban J connectivity index is 2.30. The number of para-hydroxylation sites is 1. The Bertz CT molecular complexity index is 792. The first kappa shape index (κ1) is 12.8. The van der Waals surface area contributed by atoms with Gasteiger partial charge in [-0.2, -0.15) is 0 Å². The lowest BCUT2D eigenvalue weighted by Gasteiger charge is -2.09. The van der Waals surface area contributed by atoms with Crippen molar-refractivity contribution in [3.05, 3.63) is 53.4 Å². The van der Waals surface area contributed by atoms with Crippen LogP contribution in [0.4, 0.5) is 4.39 Å². The number of hydrogen-bond acceptors (Lipinski definition) is 3. The van der Waals surface area contributed by atoms with Crippen LogP contribution in [0.15, 0.2) is 42.5 Å². The van der Waals surface area contributed by atoms with Gasteiger partial charge < -0.3 is 4.74 Å². The van der Waals surface area contributed by atoms with Gasteiger partial charge in [-0.25, -0.2) is 14.4 Å². The quantitative estimate of drug-likeness (QED) is 0.666. The first-order valence-electron chi connectivity index (χ1n) is 5.96. The second kappa shape index (κ2) is 5.06. The molecule has 1 aromatic heterocycles. The molecular weight excluding hydrogens is 279 g/mol. The van der Waals surface area contributed by atoms with Gasteiger partial charge in [0.25, 0.3) is 0 Å². The molecule has 0 spiro atoms. The fourth-order valence-electron chi connectivity index (χ4n) is 2.04. The molecule has 20 heavy (non-hydrogen) atoms. The Morgan fingerprint density at radius 1 is 1.05 bits per heavy atom. The minimum atomic E-state index is -0.448. The molecule has 0 bridgehead atoms. The molecule has 0 aliphatic rings. The van der Waals surface area contributed by atoms with Gasteiger partial charge in [-0.15, -0.1) is 0 Å². The molecule has 0 amide bonds. The molecule has 5 heteroatoms. The molecule has 3 aromatic rings. The van der Waals surface area contributed by atoms with Crippen LogP contribution in [0.2, 0.25) is 5.15 Å². The average molecular weight is 289 g/mol. The lowest BCUT2D eigenvalue weighted by molar-refractivity contribution is 0.413. The van der Waals surface area contributed by atoms with Crippen LogP contribution < -0.4 is 4.74 Å². The van der Waals surface area contributed by atoms with Crippen molar-refractivity contribution in [1.29, 1.82) is 0 Å². The van der Waals surface area contributed by atoms with Crippen LogP contribution >= 0.6 is 11.6 Å². The van der Waals surface area contributed by atoms with Crippen molar-refractivity contribution in [2.45, 2.75) is 0 Å². The number of aromatic nitrogens is 2. The Morgan fingerprint density at radius 2 is 1.85 bits per heavy atom. The molecule has 0 aliphatic heterocycles.